The van der Waals surface area contributed by atoms with E-state index < -0.39 is 29.1 Å². The van der Waals surface area contributed by atoms with Gasteiger partial charge in [-0.1, -0.05) is 57.0 Å². The van der Waals surface area contributed by atoms with Crippen molar-refractivity contribution in [3.63, 3.8) is 0 Å². The van der Waals surface area contributed by atoms with E-state index >= 15 is 8.78 Å². The number of hydrogen-bond donors (Lipinski definition) is 2. The van der Waals surface area contributed by atoms with Crippen molar-refractivity contribution in [2.75, 3.05) is 7.11 Å². The van der Waals surface area contributed by atoms with Gasteiger partial charge in [-0.25, -0.2) is 4.79 Å². The van der Waals surface area contributed by atoms with Crippen molar-refractivity contribution in [3.05, 3.63) is 71.8 Å². The zero-order valence-corrected chi connectivity index (χ0v) is 19.9. The molecule has 0 saturated heterocycles. The second kappa shape index (κ2) is 10.7. The number of amides is 1. The number of aliphatic carboxylic acids is 1. The first-order valence-electron chi connectivity index (χ1n) is 11.5. The molecule has 3 aromatic carbocycles. The van der Waals surface area contributed by atoms with Crippen LogP contribution in [0.1, 0.15) is 55.5 Å². The molecule has 0 spiro atoms. The average Bonchev–Trinajstić information content (AvgIpc) is 2.86. The second-order valence-corrected chi connectivity index (χ2v) is 8.31. The van der Waals surface area contributed by atoms with E-state index in [0.717, 1.165) is 6.42 Å². The van der Waals surface area contributed by atoms with Crippen LogP contribution in [0.4, 0.5) is 8.78 Å². The summed E-state index contributed by atoms with van der Waals surface area (Å²) in [5.74, 6) is -1.89. The SMILES string of the molecule is CCCCC(CC)(NC(=O)c1ccc2ccccc2c1OC(F)(F)c1ccc(OC)cc1)C(=O)O. The summed E-state index contributed by atoms with van der Waals surface area (Å²) in [6.45, 7) is 3.58. The molecule has 186 valence electrons. The van der Waals surface area contributed by atoms with Crippen LogP contribution in [0.15, 0.2) is 60.7 Å². The van der Waals surface area contributed by atoms with Crippen molar-refractivity contribution in [1.82, 2.24) is 5.32 Å². The van der Waals surface area contributed by atoms with Gasteiger partial charge in [0.1, 0.15) is 17.0 Å². The molecule has 0 fully saturated rings. The third-order valence-corrected chi connectivity index (χ3v) is 6.10. The number of benzene rings is 3. The molecule has 0 aliphatic rings. The molecule has 6 nitrogen and oxygen atoms in total. The van der Waals surface area contributed by atoms with Gasteiger partial charge in [-0.3, -0.25) is 4.79 Å². The van der Waals surface area contributed by atoms with Crippen molar-refractivity contribution in [1.29, 1.82) is 0 Å². The number of carbonyl (C=O) groups is 2. The van der Waals surface area contributed by atoms with Crippen LogP contribution in [-0.4, -0.2) is 29.6 Å². The highest BCUT2D eigenvalue weighted by atomic mass is 19.3. The number of halogens is 2. The third kappa shape index (κ3) is 5.53. The van der Waals surface area contributed by atoms with Gasteiger partial charge in [-0.15, -0.1) is 0 Å². The lowest BCUT2D eigenvalue weighted by atomic mass is 9.89. The van der Waals surface area contributed by atoms with Crippen LogP contribution in [0.2, 0.25) is 0 Å². The van der Waals surface area contributed by atoms with Crippen LogP contribution in [0, 0.1) is 0 Å². The molecule has 1 unspecified atom stereocenters. The van der Waals surface area contributed by atoms with Gasteiger partial charge >= 0.3 is 12.1 Å². The summed E-state index contributed by atoms with van der Waals surface area (Å²) in [6, 6.07) is 14.8. The van der Waals surface area contributed by atoms with E-state index in [1.165, 1.54) is 37.4 Å². The highest BCUT2D eigenvalue weighted by Crippen LogP contribution is 2.38. The van der Waals surface area contributed by atoms with Gasteiger partial charge in [0.25, 0.3) is 5.91 Å². The number of ether oxygens (including phenoxy) is 2. The van der Waals surface area contributed by atoms with Crippen LogP contribution in [0.5, 0.6) is 11.5 Å². The minimum absolute atomic E-state index is 0.139. The lowest BCUT2D eigenvalue weighted by molar-refractivity contribution is -0.184. The van der Waals surface area contributed by atoms with Crippen LogP contribution in [0.3, 0.4) is 0 Å². The molecule has 2 N–H and O–H groups in total. The Morgan fingerprint density at radius 2 is 1.69 bits per heavy atom. The van der Waals surface area contributed by atoms with Gasteiger partial charge in [0, 0.05) is 5.39 Å². The molecule has 0 heterocycles. The largest absolute Gasteiger partial charge is 0.497 e. The number of rotatable bonds is 11. The molecular formula is C27H29F2NO5. The highest BCUT2D eigenvalue weighted by Gasteiger charge is 2.40. The maximum atomic E-state index is 15.3. The average molecular weight is 486 g/mol. The third-order valence-electron chi connectivity index (χ3n) is 6.10. The number of methoxy groups -OCH3 is 1. The summed E-state index contributed by atoms with van der Waals surface area (Å²) in [4.78, 5) is 25.5. The smallest absolute Gasteiger partial charge is 0.426 e. The van der Waals surface area contributed by atoms with Crippen molar-refractivity contribution in [2.45, 2.75) is 51.2 Å². The maximum absolute atomic E-state index is 15.3. The summed E-state index contributed by atoms with van der Waals surface area (Å²) in [7, 11) is 1.43. The summed E-state index contributed by atoms with van der Waals surface area (Å²) in [6.07, 6.45) is -2.10. The Morgan fingerprint density at radius 1 is 1.00 bits per heavy atom. The van der Waals surface area contributed by atoms with E-state index in [4.69, 9.17) is 9.47 Å². The van der Waals surface area contributed by atoms with Gasteiger partial charge in [-0.2, -0.15) is 8.78 Å². The van der Waals surface area contributed by atoms with E-state index in [0.29, 0.717) is 22.9 Å². The summed E-state index contributed by atoms with van der Waals surface area (Å²) >= 11 is 0. The highest BCUT2D eigenvalue weighted by molar-refractivity contribution is 6.05. The number of carboxylic acid groups (broad SMARTS) is 1. The number of alkyl halides is 2. The molecule has 3 rings (SSSR count). The second-order valence-electron chi connectivity index (χ2n) is 8.31. The first-order chi connectivity index (χ1) is 16.7. The zero-order chi connectivity index (χ0) is 25.6. The molecular weight excluding hydrogens is 456 g/mol. The molecule has 1 amide bonds. The number of unbranched alkanes of at least 4 members (excludes halogenated alkanes) is 1. The van der Waals surface area contributed by atoms with Crippen LogP contribution < -0.4 is 14.8 Å². The Kier molecular flexibility index (Phi) is 7.94. The fourth-order valence-corrected chi connectivity index (χ4v) is 3.91. The number of nitrogens with one attached hydrogen (secondary N) is 1. The predicted octanol–water partition coefficient (Wildman–Crippen LogP) is 6.13. The Balaban J connectivity index is 2.06. The van der Waals surface area contributed by atoms with E-state index in [2.05, 4.69) is 5.32 Å². The molecule has 0 aliphatic heterocycles. The molecule has 35 heavy (non-hydrogen) atoms. The Morgan fingerprint density at radius 3 is 2.29 bits per heavy atom. The van der Waals surface area contributed by atoms with Crippen LogP contribution in [0.25, 0.3) is 10.8 Å². The van der Waals surface area contributed by atoms with Gasteiger partial charge < -0.3 is 19.9 Å². The van der Waals surface area contributed by atoms with E-state index in [-0.39, 0.29) is 24.2 Å². The maximum Gasteiger partial charge on any atom is 0.426 e. The predicted molar refractivity (Wildman–Crippen MR) is 129 cm³/mol. The van der Waals surface area contributed by atoms with E-state index in [1.807, 2.05) is 6.92 Å². The van der Waals surface area contributed by atoms with Crippen molar-refractivity contribution in [3.8, 4) is 11.5 Å². The van der Waals surface area contributed by atoms with Crippen molar-refractivity contribution < 1.29 is 33.0 Å². The standard InChI is InChI=1S/C27H29F2NO5/c1-4-6-17-26(5-2,25(32)33)30-24(31)22-16-11-18-9-7-8-10-21(18)23(22)35-27(28,29)19-12-14-20(34-3)15-13-19/h7-16H,4-6,17H2,1-3H3,(H,30,31)(H,32,33). The molecule has 0 aromatic heterocycles. The first-order valence-corrected chi connectivity index (χ1v) is 11.5. The molecule has 8 heteroatoms. The Labute approximate surface area is 202 Å². The Bertz CT molecular complexity index is 1200. The van der Waals surface area contributed by atoms with Gasteiger partial charge in [0.05, 0.1) is 18.2 Å². The lowest BCUT2D eigenvalue weighted by Gasteiger charge is -2.30. The van der Waals surface area contributed by atoms with E-state index in [1.54, 1.807) is 37.3 Å². The molecule has 3 aromatic rings. The summed E-state index contributed by atoms with van der Waals surface area (Å²) in [5.41, 5.74) is -2.12. The van der Waals surface area contributed by atoms with Gasteiger partial charge in [0.15, 0.2) is 0 Å². The molecule has 1 atom stereocenters. The number of hydrogen-bond acceptors (Lipinski definition) is 4. The molecule has 0 aliphatic carbocycles. The lowest BCUT2D eigenvalue weighted by Crippen LogP contribution is -2.54. The minimum atomic E-state index is -3.78. The van der Waals surface area contributed by atoms with Crippen LogP contribution in [-0.2, 0) is 10.9 Å². The topological polar surface area (TPSA) is 84.9 Å². The number of fused-ring (bicyclic) bond motifs is 1. The van der Waals surface area contributed by atoms with Crippen LogP contribution >= 0.6 is 0 Å². The van der Waals surface area contributed by atoms with Crippen molar-refractivity contribution in [2.24, 2.45) is 0 Å². The molecule has 0 saturated carbocycles. The quantitative estimate of drug-likeness (QED) is 0.341. The molecule has 0 radical (unpaired) electrons. The monoisotopic (exact) mass is 485 g/mol. The Hall–Kier alpha value is -3.68. The van der Waals surface area contributed by atoms with Gasteiger partial charge in [0.2, 0.25) is 0 Å². The summed E-state index contributed by atoms with van der Waals surface area (Å²) in [5, 5.41) is 13.4. The fraction of sp³-hybridized carbons (Fsp3) is 0.333. The number of carboxylic acids is 1. The zero-order valence-electron chi connectivity index (χ0n) is 19.9. The fourth-order valence-electron chi connectivity index (χ4n) is 3.91. The number of carbonyl (C=O) groups excluding carboxylic acids is 1. The van der Waals surface area contributed by atoms with Gasteiger partial charge in [-0.05, 0) is 48.6 Å². The first kappa shape index (κ1) is 25.9. The molecule has 0 bridgehead atoms. The minimum Gasteiger partial charge on any atom is -0.497 e. The van der Waals surface area contributed by atoms with Crippen molar-refractivity contribution >= 4 is 22.6 Å². The summed E-state index contributed by atoms with van der Waals surface area (Å²) < 4.78 is 40.8. The van der Waals surface area contributed by atoms with E-state index in [9.17, 15) is 14.7 Å². The normalized spacial score (nSPS) is 13.2.